The lowest BCUT2D eigenvalue weighted by Gasteiger charge is -2.33. The highest BCUT2D eigenvalue weighted by molar-refractivity contribution is 6.45. The van der Waals surface area contributed by atoms with Gasteiger partial charge in [0.15, 0.2) is 0 Å². The average molecular weight is 404 g/mol. The molecule has 1 atom stereocenters. The van der Waals surface area contributed by atoms with Gasteiger partial charge in [0, 0.05) is 32.9 Å². The highest BCUT2D eigenvalue weighted by Crippen LogP contribution is 2.36. The van der Waals surface area contributed by atoms with Crippen LogP contribution in [0.4, 0.5) is 11.4 Å². The quantitative estimate of drug-likeness (QED) is 0.722. The number of amides is 2. The third-order valence-corrected chi connectivity index (χ3v) is 6.00. The monoisotopic (exact) mass is 403 g/mol. The standard InChI is InChI=1S/C25H29N3O2/c1-17-7-9-19(10-8-17)22-23(27-15-5-6-18(2)16-27)25(30)28(24(22)29)21-13-11-20(12-14-21)26(3)4/h7-14,18H,5-6,15-16H2,1-4H3. The van der Waals surface area contributed by atoms with Gasteiger partial charge in [0.1, 0.15) is 5.70 Å². The van der Waals surface area contributed by atoms with Crippen LogP contribution in [0, 0.1) is 12.8 Å². The van der Waals surface area contributed by atoms with Crippen molar-refractivity contribution in [2.75, 3.05) is 37.0 Å². The van der Waals surface area contributed by atoms with Gasteiger partial charge in [-0.1, -0.05) is 36.8 Å². The summed E-state index contributed by atoms with van der Waals surface area (Å²) < 4.78 is 0. The summed E-state index contributed by atoms with van der Waals surface area (Å²) in [4.78, 5) is 32.6. The third kappa shape index (κ3) is 3.60. The molecule has 1 saturated heterocycles. The van der Waals surface area contributed by atoms with Crippen molar-refractivity contribution in [3.05, 3.63) is 65.4 Å². The number of hydrogen-bond acceptors (Lipinski definition) is 4. The Balaban J connectivity index is 1.78. The van der Waals surface area contributed by atoms with Crippen LogP contribution in [0.5, 0.6) is 0 Å². The number of imide groups is 1. The number of aryl methyl sites for hydroxylation is 1. The van der Waals surface area contributed by atoms with Crippen LogP contribution in [0.15, 0.2) is 54.2 Å². The summed E-state index contributed by atoms with van der Waals surface area (Å²) in [6, 6.07) is 15.4. The number of hydrogen-bond donors (Lipinski definition) is 0. The maximum absolute atomic E-state index is 13.6. The number of likely N-dealkylation sites (tertiary alicyclic amines) is 1. The maximum Gasteiger partial charge on any atom is 0.282 e. The van der Waals surface area contributed by atoms with E-state index < -0.39 is 0 Å². The number of anilines is 2. The van der Waals surface area contributed by atoms with Gasteiger partial charge >= 0.3 is 0 Å². The Kier molecular flexibility index (Phi) is 5.37. The largest absolute Gasteiger partial charge is 0.378 e. The van der Waals surface area contributed by atoms with Crippen molar-refractivity contribution in [3.63, 3.8) is 0 Å². The summed E-state index contributed by atoms with van der Waals surface area (Å²) in [5.74, 6) is 0.0406. The van der Waals surface area contributed by atoms with Crippen molar-refractivity contribution in [3.8, 4) is 0 Å². The van der Waals surface area contributed by atoms with Crippen LogP contribution >= 0.6 is 0 Å². The van der Waals surface area contributed by atoms with Gasteiger partial charge in [-0.25, -0.2) is 4.90 Å². The summed E-state index contributed by atoms with van der Waals surface area (Å²) in [6.45, 7) is 5.83. The van der Waals surface area contributed by atoms with Crippen LogP contribution in [0.3, 0.4) is 0 Å². The SMILES string of the molecule is Cc1ccc(C2=C(N3CCCC(C)C3)C(=O)N(c3ccc(N(C)C)cc3)C2=O)cc1. The van der Waals surface area contributed by atoms with E-state index in [0.717, 1.165) is 42.7 Å². The minimum atomic E-state index is -0.241. The molecule has 0 N–H and O–H groups in total. The van der Waals surface area contributed by atoms with Gasteiger partial charge in [0.25, 0.3) is 11.8 Å². The molecule has 1 unspecified atom stereocenters. The van der Waals surface area contributed by atoms with Crippen LogP contribution in [0.1, 0.15) is 30.9 Å². The minimum Gasteiger partial charge on any atom is -0.378 e. The first kappa shape index (κ1) is 20.2. The van der Waals surface area contributed by atoms with E-state index in [1.165, 1.54) is 4.90 Å². The molecule has 0 radical (unpaired) electrons. The second kappa shape index (κ2) is 7.98. The van der Waals surface area contributed by atoms with Crippen molar-refractivity contribution in [1.82, 2.24) is 4.90 Å². The first-order valence-corrected chi connectivity index (χ1v) is 10.6. The molecule has 2 aliphatic rings. The Morgan fingerprint density at radius 2 is 1.60 bits per heavy atom. The minimum absolute atomic E-state index is 0.220. The van der Waals surface area contributed by atoms with E-state index >= 15 is 0 Å². The van der Waals surface area contributed by atoms with Gasteiger partial charge in [-0.3, -0.25) is 9.59 Å². The van der Waals surface area contributed by atoms with E-state index in [1.54, 1.807) is 0 Å². The number of rotatable bonds is 4. The summed E-state index contributed by atoms with van der Waals surface area (Å²) >= 11 is 0. The van der Waals surface area contributed by atoms with Crippen LogP contribution in [-0.2, 0) is 9.59 Å². The molecule has 0 bridgehead atoms. The molecule has 30 heavy (non-hydrogen) atoms. The Morgan fingerprint density at radius 3 is 2.20 bits per heavy atom. The smallest absolute Gasteiger partial charge is 0.282 e. The molecule has 156 valence electrons. The predicted octanol–water partition coefficient (Wildman–Crippen LogP) is 4.08. The molecular formula is C25H29N3O2. The fourth-order valence-corrected chi connectivity index (χ4v) is 4.32. The molecule has 2 amide bonds. The van der Waals surface area contributed by atoms with Gasteiger partial charge in [0.05, 0.1) is 11.3 Å². The molecule has 0 aromatic heterocycles. The molecular weight excluding hydrogens is 374 g/mol. The van der Waals surface area contributed by atoms with E-state index in [1.807, 2.05) is 74.4 Å². The van der Waals surface area contributed by atoms with Gasteiger partial charge in [0.2, 0.25) is 0 Å². The summed E-state index contributed by atoms with van der Waals surface area (Å²) in [5, 5.41) is 0. The first-order valence-electron chi connectivity index (χ1n) is 10.6. The molecule has 2 aromatic carbocycles. The van der Waals surface area contributed by atoms with Crippen LogP contribution in [-0.4, -0.2) is 43.9 Å². The lowest BCUT2D eigenvalue weighted by atomic mass is 9.97. The molecule has 2 aromatic rings. The lowest BCUT2D eigenvalue weighted by Crippen LogP contribution is -2.39. The maximum atomic E-state index is 13.6. The van der Waals surface area contributed by atoms with Gasteiger partial charge < -0.3 is 9.80 Å². The molecule has 0 spiro atoms. The second-order valence-corrected chi connectivity index (χ2v) is 8.64. The summed E-state index contributed by atoms with van der Waals surface area (Å²) in [6.07, 6.45) is 2.19. The number of piperidine rings is 1. The Hall–Kier alpha value is -3.08. The molecule has 0 aliphatic carbocycles. The highest BCUT2D eigenvalue weighted by Gasteiger charge is 2.43. The molecule has 0 saturated carbocycles. The molecule has 1 fully saturated rings. The van der Waals surface area contributed by atoms with Gasteiger partial charge in [-0.05, 0) is 55.5 Å². The van der Waals surface area contributed by atoms with Crippen molar-refractivity contribution in [2.45, 2.75) is 26.7 Å². The molecule has 5 heteroatoms. The van der Waals surface area contributed by atoms with E-state index in [0.29, 0.717) is 22.9 Å². The number of carbonyl (C=O) groups is 2. The molecule has 2 heterocycles. The van der Waals surface area contributed by atoms with E-state index in [-0.39, 0.29) is 11.8 Å². The second-order valence-electron chi connectivity index (χ2n) is 8.64. The summed E-state index contributed by atoms with van der Waals surface area (Å²) in [5.41, 5.74) is 4.63. The van der Waals surface area contributed by atoms with Crippen molar-refractivity contribution < 1.29 is 9.59 Å². The first-order chi connectivity index (χ1) is 14.4. The van der Waals surface area contributed by atoms with E-state index in [4.69, 9.17) is 0 Å². The molecule has 4 rings (SSSR count). The van der Waals surface area contributed by atoms with Crippen LogP contribution < -0.4 is 9.80 Å². The van der Waals surface area contributed by atoms with Crippen LogP contribution in [0.25, 0.3) is 5.57 Å². The third-order valence-electron chi connectivity index (χ3n) is 6.00. The Labute approximate surface area is 178 Å². The fraction of sp³-hybridized carbons (Fsp3) is 0.360. The van der Waals surface area contributed by atoms with Crippen molar-refractivity contribution in [2.24, 2.45) is 5.92 Å². The average Bonchev–Trinajstić information content (AvgIpc) is 2.99. The number of carbonyl (C=O) groups excluding carboxylic acids is 2. The fourth-order valence-electron chi connectivity index (χ4n) is 4.32. The molecule has 2 aliphatic heterocycles. The zero-order valence-electron chi connectivity index (χ0n) is 18.2. The normalized spacial score (nSPS) is 19.7. The van der Waals surface area contributed by atoms with Crippen molar-refractivity contribution >= 4 is 28.8 Å². The Bertz CT molecular complexity index is 990. The Morgan fingerprint density at radius 1 is 0.933 bits per heavy atom. The lowest BCUT2D eigenvalue weighted by molar-refractivity contribution is -0.120. The van der Waals surface area contributed by atoms with Gasteiger partial charge in [-0.15, -0.1) is 0 Å². The number of benzene rings is 2. The number of nitrogens with zero attached hydrogens (tertiary/aromatic N) is 3. The highest BCUT2D eigenvalue weighted by atomic mass is 16.2. The summed E-state index contributed by atoms with van der Waals surface area (Å²) in [7, 11) is 3.93. The zero-order valence-corrected chi connectivity index (χ0v) is 18.2. The topological polar surface area (TPSA) is 43.9 Å². The van der Waals surface area contributed by atoms with Gasteiger partial charge in [-0.2, -0.15) is 0 Å². The van der Waals surface area contributed by atoms with E-state index in [2.05, 4.69) is 11.8 Å². The zero-order chi connectivity index (χ0) is 21.4. The van der Waals surface area contributed by atoms with E-state index in [9.17, 15) is 9.59 Å². The molecule has 5 nitrogen and oxygen atoms in total. The predicted molar refractivity (Wildman–Crippen MR) is 121 cm³/mol. The van der Waals surface area contributed by atoms with Crippen molar-refractivity contribution in [1.29, 1.82) is 0 Å². The van der Waals surface area contributed by atoms with Crippen LogP contribution in [0.2, 0.25) is 0 Å².